The fourth-order valence-corrected chi connectivity index (χ4v) is 4.70. The lowest BCUT2D eigenvalue weighted by molar-refractivity contribution is -0.127. The van der Waals surface area contributed by atoms with Gasteiger partial charge in [0, 0.05) is 5.69 Å². The highest BCUT2D eigenvalue weighted by molar-refractivity contribution is 14.1. The van der Waals surface area contributed by atoms with Crippen molar-refractivity contribution in [1.82, 2.24) is 4.90 Å². The largest absolute Gasteiger partial charge is 0.494 e. The van der Waals surface area contributed by atoms with Crippen LogP contribution >= 0.6 is 34.4 Å². The first-order chi connectivity index (χ1) is 16.2. The zero-order chi connectivity index (χ0) is 24.8. The van der Waals surface area contributed by atoms with Gasteiger partial charge < -0.3 is 19.5 Å². The van der Waals surface area contributed by atoms with Gasteiger partial charge in [-0.15, -0.1) is 0 Å². The lowest BCUT2D eigenvalue weighted by Gasteiger charge is -2.16. The average Bonchev–Trinajstić information content (AvgIpc) is 3.04. The molecule has 1 N–H and O–H groups in total. The summed E-state index contributed by atoms with van der Waals surface area (Å²) in [6, 6.07) is 10.4. The minimum atomic E-state index is -0.520. The summed E-state index contributed by atoms with van der Waals surface area (Å²) in [5.41, 5.74) is 1.23. The van der Waals surface area contributed by atoms with Crippen LogP contribution in [0.4, 0.5) is 10.5 Å². The number of halogens is 1. The molecule has 34 heavy (non-hydrogen) atoms. The highest BCUT2D eigenvalue weighted by atomic mass is 127. The Morgan fingerprint density at radius 2 is 1.91 bits per heavy atom. The minimum absolute atomic E-state index is 0.0291. The summed E-state index contributed by atoms with van der Waals surface area (Å²) in [6.45, 7) is 5.89. The molecule has 1 aliphatic rings. The van der Waals surface area contributed by atoms with E-state index in [-0.39, 0.29) is 17.6 Å². The van der Waals surface area contributed by atoms with Crippen molar-refractivity contribution in [2.24, 2.45) is 0 Å². The van der Waals surface area contributed by atoms with Crippen molar-refractivity contribution in [3.63, 3.8) is 0 Å². The van der Waals surface area contributed by atoms with Gasteiger partial charge in [-0.2, -0.15) is 0 Å². The molecule has 1 aliphatic heterocycles. The average molecular weight is 596 g/mol. The molecule has 1 saturated heterocycles. The topological polar surface area (TPSA) is 94.2 Å². The molecule has 3 rings (SSSR count). The number of imide groups is 1. The lowest BCUT2D eigenvalue weighted by Crippen LogP contribution is -2.36. The van der Waals surface area contributed by atoms with Gasteiger partial charge in [-0.3, -0.25) is 19.3 Å². The van der Waals surface area contributed by atoms with Gasteiger partial charge in [0.1, 0.15) is 12.3 Å². The predicted molar refractivity (Wildman–Crippen MR) is 140 cm³/mol. The molecule has 0 atom stereocenters. The quantitative estimate of drug-likeness (QED) is 0.316. The summed E-state index contributed by atoms with van der Waals surface area (Å²) in [4.78, 5) is 38.9. The number of nitrogens with zero attached hydrogens (tertiary/aromatic N) is 1. The molecule has 1 fully saturated rings. The van der Waals surface area contributed by atoms with Crippen molar-refractivity contribution in [2.75, 3.05) is 25.6 Å². The number of methoxy groups -OCH3 is 1. The third-order valence-electron chi connectivity index (χ3n) is 4.53. The molecule has 0 aromatic heterocycles. The van der Waals surface area contributed by atoms with E-state index in [2.05, 4.69) is 27.9 Å². The molecule has 180 valence electrons. The van der Waals surface area contributed by atoms with Gasteiger partial charge >= 0.3 is 0 Å². The number of carbonyl (C=O) groups is 3. The Balaban J connectivity index is 1.71. The highest BCUT2D eigenvalue weighted by Gasteiger charge is 2.36. The number of hydrogen-bond donors (Lipinski definition) is 1. The van der Waals surface area contributed by atoms with Crippen LogP contribution in [0.25, 0.3) is 6.08 Å². The first-order valence-corrected chi connectivity index (χ1v) is 12.4. The van der Waals surface area contributed by atoms with Crippen LogP contribution in [0.2, 0.25) is 0 Å². The van der Waals surface area contributed by atoms with Gasteiger partial charge in [-0.05, 0) is 103 Å². The molecular weight excluding hydrogens is 571 g/mol. The molecule has 0 radical (unpaired) electrons. The summed E-state index contributed by atoms with van der Waals surface area (Å²) >= 11 is 2.93. The Bertz CT molecular complexity index is 1120. The summed E-state index contributed by atoms with van der Waals surface area (Å²) in [6.07, 6.45) is 1.58. The van der Waals surface area contributed by atoms with Crippen LogP contribution in [0.5, 0.6) is 17.2 Å². The summed E-state index contributed by atoms with van der Waals surface area (Å²) < 4.78 is 17.4. The number of carbonyl (C=O) groups excluding carboxylic acids is 3. The van der Waals surface area contributed by atoms with E-state index in [1.165, 1.54) is 0 Å². The number of hydrogen-bond acceptors (Lipinski definition) is 7. The molecule has 10 heteroatoms. The second-order valence-electron chi connectivity index (χ2n) is 7.47. The standard InChI is InChI=1S/C24H25IN2O6S/c1-5-32-17-8-6-16(7-9-17)26-21(28)13-27-23(29)20(34-24(27)30)12-15-10-18(25)22(33-14(2)3)19(11-15)31-4/h6-12,14H,5,13H2,1-4H3,(H,26,28)/b20-12+. The Morgan fingerprint density at radius 3 is 2.53 bits per heavy atom. The summed E-state index contributed by atoms with van der Waals surface area (Å²) in [5, 5.41) is 2.19. The number of thioether (sulfide) groups is 1. The van der Waals surface area contributed by atoms with Gasteiger partial charge in [-0.25, -0.2) is 0 Å². The van der Waals surface area contributed by atoms with E-state index >= 15 is 0 Å². The second-order valence-corrected chi connectivity index (χ2v) is 9.63. The number of nitrogens with one attached hydrogen (secondary N) is 1. The van der Waals surface area contributed by atoms with E-state index in [9.17, 15) is 14.4 Å². The molecule has 2 aromatic carbocycles. The maximum absolute atomic E-state index is 12.8. The number of anilines is 1. The van der Waals surface area contributed by atoms with E-state index in [0.29, 0.717) is 35.1 Å². The zero-order valence-corrected chi connectivity index (χ0v) is 22.2. The predicted octanol–water partition coefficient (Wildman–Crippen LogP) is 5.16. The smallest absolute Gasteiger partial charge is 0.294 e. The van der Waals surface area contributed by atoms with E-state index in [1.54, 1.807) is 43.5 Å². The molecule has 2 aromatic rings. The van der Waals surface area contributed by atoms with Crippen molar-refractivity contribution in [2.45, 2.75) is 26.9 Å². The molecular formula is C24H25IN2O6S. The molecule has 0 bridgehead atoms. The Morgan fingerprint density at radius 1 is 1.21 bits per heavy atom. The van der Waals surface area contributed by atoms with E-state index in [0.717, 1.165) is 20.2 Å². The second kappa shape index (κ2) is 11.6. The Kier molecular flexibility index (Phi) is 8.84. The van der Waals surface area contributed by atoms with Crippen LogP contribution in [-0.2, 0) is 9.59 Å². The maximum Gasteiger partial charge on any atom is 0.294 e. The SMILES string of the molecule is CCOc1ccc(NC(=O)CN2C(=O)S/C(=C/c3cc(I)c(OC(C)C)c(OC)c3)C2=O)cc1. The first-order valence-electron chi connectivity index (χ1n) is 10.5. The van der Waals surface area contributed by atoms with Crippen LogP contribution < -0.4 is 19.5 Å². The monoisotopic (exact) mass is 596 g/mol. The molecule has 0 aliphatic carbocycles. The fraction of sp³-hybridized carbons (Fsp3) is 0.292. The van der Waals surface area contributed by atoms with Crippen molar-refractivity contribution in [3.8, 4) is 17.2 Å². The zero-order valence-electron chi connectivity index (χ0n) is 19.2. The van der Waals surface area contributed by atoms with E-state index < -0.39 is 17.1 Å². The lowest BCUT2D eigenvalue weighted by atomic mass is 10.2. The van der Waals surface area contributed by atoms with Gasteiger partial charge in [0.15, 0.2) is 11.5 Å². The number of amides is 3. The van der Waals surface area contributed by atoms with E-state index in [1.807, 2.05) is 26.8 Å². The van der Waals surface area contributed by atoms with Crippen LogP contribution in [0.3, 0.4) is 0 Å². The minimum Gasteiger partial charge on any atom is -0.494 e. The number of benzene rings is 2. The van der Waals surface area contributed by atoms with Crippen LogP contribution in [0.15, 0.2) is 41.3 Å². The van der Waals surface area contributed by atoms with Crippen LogP contribution in [0.1, 0.15) is 26.3 Å². The number of ether oxygens (including phenoxy) is 3. The normalized spacial score (nSPS) is 14.6. The van der Waals surface area contributed by atoms with Gasteiger partial charge in [0.05, 0.1) is 28.3 Å². The van der Waals surface area contributed by atoms with Crippen molar-refractivity contribution in [3.05, 3.63) is 50.4 Å². The third kappa shape index (κ3) is 6.44. The fourth-order valence-electron chi connectivity index (χ4n) is 3.11. The van der Waals surface area contributed by atoms with Gasteiger partial charge in [-0.1, -0.05) is 0 Å². The number of rotatable bonds is 9. The molecule has 0 spiro atoms. The molecule has 1 heterocycles. The summed E-state index contributed by atoms with van der Waals surface area (Å²) in [7, 11) is 1.54. The Hall–Kier alpha value is -2.73. The third-order valence-corrected chi connectivity index (χ3v) is 6.24. The molecule has 8 nitrogen and oxygen atoms in total. The van der Waals surface area contributed by atoms with Crippen molar-refractivity contribution in [1.29, 1.82) is 0 Å². The van der Waals surface area contributed by atoms with E-state index in [4.69, 9.17) is 14.2 Å². The molecule has 0 saturated carbocycles. The summed E-state index contributed by atoms with van der Waals surface area (Å²) in [5.74, 6) is 0.842. The molecule has 3 amide bonds. The first kappa shape index (κ1) is 25.9. The van der Waals surface area contributed by atoms with Gasteiger partial charge in [0.25, 0.3) is 11.1 Å². The van der Waals surface area contributed by atoms with Crippen molar-refractivity contribution < 1.29 is 28.6 Å². The Labute approximate surface area is 216 Å². The highest BCUT2D eigenvalue weighted by Crippen LogP contribution is 2.37. The van der Waals surface area contributed by atoms with Gasteiger partial charge in [0.2, 0.25) is 5.91 Å². The van der Waals surface area contributed by atoms with Crippen LogP contribution in [0, 0.1) is 3.57 Å². The van der Waals surface area contributed by atoms with Crippen molar-refractivity contribution >= 4 is 63.2 Å². The maximum atomic E-state index is 12.8. The molecule has 0 unspecified atom stereocenters. The van der Waals surface area contributed by atoms with Crippen LogP contribution in [-0.4, -0.2) is 48.3 Å².